The molecule has 0 heterocycles. The van der Waals surface area contributed by atoms with Gasteiger partial charge < -0.3 is 21.1 Å². The van der Waals surface area contributed by atoms with E-state index in [2.05, 4.69) is 24.9 Å². The molecular formula is C26H37N3O2. The summed E-state index contributed by atoms with van der Waals surface area (Å²) in [5.41, 5.74) is 9.70. The lowest BCUT2D eigenvalue weighted by Gasteiger charge is -2.27. The van der Waals surface area contributed by atoms with Crippen molar-refractivity contribution in [1.82, 2.24) is 10.2 Å². The lowest BCUT2D eigenvalue weighted by molar-refractivity contribution is -0.130. The zero-order chi connectivity index (χ0) is 22.6. The minimum absolute atomic E-state index is 0.0896. The van der Waals surface area contributed by atoms with E-state index in [0.717, 1.165) is 42.5 Å². The van der Waals surface area contributed by atoms with Crippen LogP contribution in [-0.4, -0.2) is 41.6 Å². The summed E-state index contributed by atoms with van der Waals surface area (Å²) in [6.07, 6.45) is 11.9. The van der Waals surface area contributed by atoms with Crippen molar-refractivity contribution >= 4 is 5.91 Å². The van der Waals surface area contributed by atoms with E-state index in [4.69, 9.17) is 5.73 Å². The van der Waals surface area contributed by atoms with Crippen LogP contribution in [0, 0.1) is 6.92 Å². The Morgan fingerprint density at radius 1 is 1.32 bits per heavy atom. The molecule has 0 saturated heterocycles. The van der Waals surface area contributed by atoms with Crippen molar-refractivity contribution in [3.05, 3.63) is 83.3 Å². The Bertz CT molecular complexity index is 822. The fourth-order valence-corrected chi connectivity index (χ4v) is 3.53. The number of amides is 1. The lowest BCUT2D eigenvalue weighted by atomic mass is 10.0. The molecule has 31 heavy (non-hydrogen) atoms. The summed E-state index contributed by atoms with van der Waals surface area (Å²) in [6.45, 7) is 9.60. The quantitative estimate of drug-likeness (QED) is 0.346. The Morgan fingerprint density at radius 2 is 2.06 bits per heavy atom. The molecule has 0 bridgehead atoms. The zero-order valence-electron chi connectivity index (χ0n) is 18.9. The minimum atomic E-state index is 0.0896. The summed E-state index contributed by atoms with van der Waals surface area (Å²) in [5, 5.41) is 13.1. The number of nitrogens with zero attached hydrogens (tertiary/aromatic N) is 1. The lowest BCUT2D eigenvalue weighted by Crippen LogP contribution is -2.39. The second-order valence-electron chi connectivity index (χ2n) is 8.06. The number of carbonyl (C=O) groups is 1. The van der Waals surface area contributed by atoms with E-state index < -0.39 is 0 Å². The van der Waals surface area contributed by atoms with Gasteiger partial charge in [-0.05, 0) is 44.7 Å². The number of unbranched alkanes of at least 4 members (excludes halogenated alkanes) is 1. The maximum Gasteiger partial charge on any atom is 0.227 e. The first-order valence-corrected chi connectivity index (χ1v) is 11.2. The van der Waals surface area contributed by atoms with Crippen LogP contribution in [0.25, 0.3) is 0 Å². The van der Waals surface area contributed by atoms with Gasteiger partial charge in [-0.25, -0.2) is 0 Å². The largest absolute Gasteiger partial charge is 0.508 e. The Kier molecular flexibility index (Phi) is 10.1. The number of benzene rings is 1. The highest BCUT2D eigenvalue weighted by molar-refractivity contribution is 5.79. The molecule has 5 heteroatoms. The fraction of sp³-hybridized carbons (Fsp3) is 0.423. The first-order valence-electron chi connectivity index (χ1n) is 11.2. The molecule has 1 amide bonds. The van der Waals surface area contributed by atoms with E-state index in [0.29, 0.717) is 26.1 Å². The van der Waals surface area contributed by atoms with E-state index in [1.165, 1.54) is 5.56 Å². The first-order chi connectivity index (χ1) is 14.9. The molecule has 0 aliphatic heterocycles. The predicted molar refractivity (Wildman–Crippen MR) is 129 cm³/mol. The molecule has 1 atom stereocenters. The number of carbonyl (C=O) groups excluding carboxylic acids is 1. The van der Waals surface area contributed by atoms with Gasteiger partial charge in [-0.2, -0.15) is 0 Å². The average Bonchev–Trinajstić information content (AvgIpc) is 2.75. The summed E-state index contributed by atoms with van der Waals surface area (Å²) in [7, 11) is 0. The van der Waals surface area contributed by atoms with Crippen molar-refractivity contribution in [3.8, 4) is 0 Å². The highest BCUT2D eigenvalue weighted by Crippen LogP contribution is 2.17. The number of aliphatic hydroxyl groups is 1. The summed E-state index contributed by atoms with van der Waals surface area (Å²) in [4.78, 5) is 15.1. The van der Waals surface area contributed by atoms with Gasteiger partial charge in [0.25, 0.3) is 0 Å². The summed E-state index contributed by atoms with van der Waals surface area (Å²) >= 11 is 0. The normalized spacial score (nSPS) is 16.0. The van der Waals surface area contributed by atoms with E-state index in [1.54, 1.807) is 0 Å². The third kappa shape index (κ3) is 8.46. The fourth-order valence-electron chi connectivity index (χ4n) is 3.53. The molecule has 0 saturated carbocycles. The van der Waals surface area contributed by atoms with Crippen LogP contribution in [0.3, 0.4) is 0 Å². The molecule has 0 spiro atoms. The molecule has 1 aliphatic rings. The Hall–Kier alpha value is -2.79. The van der Waals surface area contributed by atoms with Crippen LogP contribution in [0.15, 0.2) is 72.2 Å². The van der Waals surface area contributed by atoms with Gasteiger partial charge in [0.1, 0.15) is 5.76 Å². The van der Waals surface area contributed by atoms with Crippen molar-refractivity contribution in [1.29, 1.82) is 0 Å². The number of rotatable bonds is 12. The Morgan fingerprint density at radius 3 is 2.65 bits per heavy atom. The van der Waals surface area contributed by atoms with Gasteiger partial charge in [-0.3, -0.25) is 4.79 Å². The number of aryl methyl sites for hydroxylation is 1. The van der Waals surface area contributed by atoms with E-state index >= 15 is 0 Å². The summed E-state index contributed by atoms with van der Waals surface area (Å²) in [6, 6.07) is 8.27. The SMILES string of the molecule is C=C(O)C1=CCC(N/C(=C/CC)CN(CCCCN)C(=O)Cc2ccc(C)cc2)C=C1. The number of hydrogen-bond donors (Lipinski definition) is 3. The number of hydrogen-bond acceptors (Lipinski definition) is 4. The second-order valence-corrected chi connectivity index (χ2v) is 8.06. The van der Waals surface area contributed by atoms with Gasteiger partial charge in [0.05, 0.1) is 13.0 Å². The molecule has 1 aliphatic carbocycles. The van der Waals surface area contributed by atoms with Crippen LogP contribution in [0.4, 0.5) is 0 Å². The van der Waals surface area contributed by atoms with Gasteiger partial charge in [0.2, 0.25) is 5.91 Å². The van der Waals surface area contributed by atoms with Crippen LogP contribution < -0.4 is 11.1 Å². The second kappa shape index (κ2) is 12.8. The maximum atomic E-state index is 13.1. The molecule has 4 N–H and O–H groups in total. The topological polar surface area (TPSA) is 78.6 Å². The zero-order valence-corrected chi connectivity index (χ0v) is 18.9. The van der Waals surface area contributed by atoms with E-state index in [-0.39, 0.29) is 17.7 Å². The molecule has 1 aromatic rings. The molecule has 5 nitrogen and oxygen atoms in total. The third-order valence-corrected chi connectivity index (χ3v) is 5.33. The molecule has 2 rings (SSSR count). The highest BCUT2D eigenvalue weighted by Gasteiger charge is 2.18. The van der Waals surface area contributed by atoms with Crippen molar-refractivity contribution < 1.29 is 9.90 Å². The van der Waals surface area contributed by atoms with Crippen LogP contribution >= 0.6 is 0 Å². The monoisotopic (exact) mass is 423 g/mol. The molecule has 0 aromatic heterocycles. The minimum Gasteiger partial charge on any atom is -0.508 e. The smallest absolute Gasteiger partial charge is 0.227 e. The van der Waals surface area contributed by atoms with Crippen molar-refractivity contribution in [2.75, 3.05) is 19.6 Å². The average molecular weight is 424 g/mol. The summed E-state index contributed by atoms with van der Waals surface area (Å²) in [5.74, 6) is 0.217. The van der Waals surface area contributed by atoms with E-state index in [9.17, 15) is 9.90 Å². The molecule has 1 unspecified atom stereocenters. The maximum absolute atomic E-state index is 13.1. The van der Waals surface area contributed by atoms with Crippen LogP contribution in [0.2, 0.25) is 0 Å². The van der Waals surface area contributed by atoms with Gasteiger partial charge in [0, 0.05) is 23.9 Å². The number of nitrogens with two attached hydrogens (primary N) is 1. The van der Waals surface area contributed by atoms with Crippen LogP contribution in [0.5, 0.6) is 0 Å². The Labute approximate surface area is 187 Å². The predicted octanol–water partition coefficient (Wildman–Crippen LogP) is 4.32. The third-order valence-electron chi connectivity index (χ3n) is 5.33. The Balaban J connectivity index is 2.05. The van der Waals surface area contributed by atoms with Gasteiger partial charge in [-0.1, -0.05) is 67.6 Å². The van der Waals surface area contributed by atoms with E-state index in [1.807, 2.05) is 54.3 Å². The molecule has 1 aromatic carbocycles. The molecule has 0 fully saturated rings. The molecule has 0 radical (unpaired) electrons. The summed E-state index contributed by atoms with van der Waals surface area (Å²) < 4.78 is 0. The highest BCUT2D eigenvalue weighted by atomic mass is 16.3. The van der Waals surface area contributed by atoms with Crippen LogP contribution in [-0.2, 0) is 11.2 Å². The van der Waals surface area contributed by atoms with Crippen LogP contribution in [0.1, 0.15) is 43.7 Å². The van der Waals surface area contributed by atoms with Gasteiger partial charge in [-0.15, -0.1) is 0 Å². The number of allylic oxidation sites excluding steroid dienone is 2. The first kappa shape index (κ1) is 24.5. The van der Waals surface area contributed by atoms with Gasteiger partial charge in [0.15, 0.2) is 0 Å². The standard InChI is InChI=1S/C26H37N3O2/c1-4-7-25(28-24-14-12-23(13-15-24)21(3)30)19-29(17-6-5-16-27)26(31)18-22-10-8-20(2)9-11-22/h7-14,24,28,30H,3-6,15-19,27H2,1-2H3/b25-7+. The van der Waals surface area contributed by atoms with Gasteiger partial charge >= 0.3 is 0 Å². The molecule has 168 valence electrons. The van der Waals surface area contributed by atoms with Crippen molar-refractivity contribution in [3.63, 3.8) is 0 Å². The molecular weight excluding hydrogens is 386 g/mol. The number of nitrogens with one attached hydrogen (secondary N) is 1. The van der Waals surface area contributed by atoms with Crippen molar-refractivity contribution in [2.45, 2.75) is 52.0 Å². The number of aliphatic hydroxyl groups excluding tert-OH is 1. The van der Waals surface area contributed by atoms with Crippen molar-refractivity contribution in [2.24, 2.45) is 5.73 Å².